The number of pyridine rings is 1. The topological polar surface area (TPSA) is 87.9 Å². The summed E-state index contributed by atoms with van der Waals surface area (Å²) in [7, 11) is 0. The van der Waals surface area contributed by atoms with Crippen LogP contribution in [-0.4, -0.2) is 32.3 Å². The van der Waals surface area contributed by atoms with Crippen LogP contribution in [0.25, 0.3) is 11.0 Å². The number of nitrogens with two attached hydrogens (primary N) is 1. The molecule has 0 saturated carbocycles. The zero-order valence-electron chi connectivity index (χ0n) is 13.4. The van der Waals surface area contributed by atoms with Gasteiger partial charge in [0, 0.05) is 36.1 Å². The van der Waals surface area contributed by atoms with E-state index < -0.39 is 5.82 Å². The normalized spacial score (nSPS) is 16.9. The molecule has 25 heavy (non-hydrogen) atoms. The smallest absolute Gasteiger partial charge is 0.290 e. The van der Waals surface area contributed by atoms with Crippen LogP contribution in [0.2, 0.25) is 5.02 Å². The zero-order valence-corrected chi connectivity index (χ0v) is 14.1. The van der Waals surface area contributed by atoms with Gasteiger partial charge in [0.1, 0.15) is 5.52 Å². The summed E-state index contributed by atoms with van der Waals surface area (Å²) in [6.45, 7) is 2.38. The van der Waals surface area contributed by atoms with E-state index in [0.717, 1.165) is 11.3 Å². The van der Waals surface area contributed by atoms with Gasteiger partial charge >= 0.3 is 0 Å². The first-order chi connectivity index (χ1) is 12.0. The lowest BCUT2D eigenvalue weighted by molar-refractivity contribution is 0.0665. The maximum atomic E-state index is 13.9. The number of hydrogen-bond donors (Lipinski definition) is 2. The molecule has 0 spiro atoms. The predicted molar refractivity (Wildman–Crippen MR) is 92.9 cm³/mol. The van der Waals surface area contributed by atoms with Gasteiger partial charge in [0.15, 0.2) is 11.6 Å². The Morgan fingerprint density at radius 1 is 1.44 bits per heavy atom. The van der Waals surface area contributed by atoms with Gasteiger partial charge in [-0.15, -0.1) is 0 Å². The molecular weight excluding hydrogens is 345 g/mol. The van der Waals surface area contributed by atoms with Gasteiger partial charge in [-0.3, -0.25) is 9.78 Å². The molecule has 2 aromatic heterocycles. The minimum absolute atomic E-state index is 0.0553. The van der Waals surface area contributed by atoms with E-state index in [0.29, 0.717) is 29.2 Å². The van der Waals surface area contributed by atoms with E-state index in [2.05, 4.69) is 15.0 Å². The average Bonchev–Trinajstić information content (AvgIpc) is 3.05. The number of imidazole rings is 1. The monoisotopic (exact) mass is 359 g/mol. The molecule has 4 rings (SSSR count). The minimum Gasteiger partial charge on any atom is -0.398 e. The van der Waals surface area contributed by atoms with Crippen molar-refractivity contribution < 1.29 is 9.18 Å². The standard InChI is InChI=1S/C17H15ClFN5O/c1-8-13-11(20)4-6-21-12(13)5-7-24(8)17(25)16-22-14-9(18)2-3-10(19)15(14)23-16/h2-4,6,8H,5,7H2,1H3,(H2,20,21)(H,22,23)/t8-/m0/s1. The molecule has 1 aliphatic heterocycles. The number of carbonyl (C=O) groups excluding carboxylic acids is 1. The summed E-state index contributed by atoms with van der Waals surface area (Å²) in [4.78, 5) is 25.9. The van der Waals surface area contributed by atoms with Crippen LogP contribution in [0.4, 0.5) is 10.1 Å². The van der Waals surface area contributed by atoms with Crippen molar-refractivity contribution in [1.82, 2.24) is 19.9 Å². The van der Waals surface area contributed by atoms with Crippen LogP contribution in [0.1, 0.15) is 34.8 Å². The number of nitrogens with zero attached hydrogens (tertiary/aromatic N) is 3. The zero-order chi connectivity index (χ0) is 17.7. The molecule has 3 N–H and O–H groups in total. The van der Waals surface area contributed by atoms with Crippen molar-refractivity contribution >= 4 is 34.2 Å². The van der Waals surface area contributed by atoms with Crippen molar-refractivity contribution in [3.05, 3.63) is 52.3 Å². The molecular formula is C17H15ClFN5O. The number of anilines is 1. The fourth-order valence-corrected chi connectivity index (χ4v) is 3.53. The van der Waals surface area contributed by atoms with Gasteiger partial charge in [-0.1, -0.05) is 11.6 Å². The molecule has 6 nitrogen and oxygen atoms in total. The summed E-state index contributed by atoms with van der Waals surface area (Å²) >= 11 is 6.06. The number of nitrogen functional groups attached to an aromatic ring is 1. The molecule has 8 heteroatoms. The number of amides is 1. The molecule has 1 amide bonds. The molecule has 0 aliphatic carbocycles. The second-order valence-electron chi connectivity index (χ2n) is 6.02. The van der Waals surface area contributed by atoms with Crippen LogP contribution in [-0.2, 0) is 6.42 Å². The molecule has 0 saturated heterocycles. The fourth-order valence-electron chi connectivity index (χ4n) is 3.33. The van der Waals surface area contributed by atoms with Crippen LogP contribution in [0.3, 0.4) is 0 Å². The van der Waals surface area contributed by atoms with Crippen molar-refractivity contribution in [2.75, 3.05) is 12.3 Å². The summed E-state index contributed by atoms with van der Waals surface area (Å²) in [5.41, 5.74) is 8.79. The Bertz CT molecular complexity index is 963. The molecule has 1 aliphatic rings. The molecule has 1 aromatic carbocycles. The van der Waals surface area contributed by atoms with Crippen LogP contribution in [0, 0.1) is 5.82 Å². The van der Waals surface area contributed by atoms with Crippen molar-refractivity contribution in [3.63, 3.8) is 0 Å². The Labute approximate surface area is 147 Å². The summed E-state index contributed by atoms with van der Waals surface area (Å²) < 4.78 is 13.9. The number of nitrogens with one attached hydrogen (secondary N) is 1. The number of fused-ring (bicyclic) bond motifs is 2. The molecule has 0 unspecified atom stereocenters. The highest BCUT2D eigenvalue weighted by molar-refractivity contribution is 6.35. The maximum absolute atomic E-state index is 13.9. The maximum Gasteiger partial charge on any atom is 0.290 e. The molecule has 1 atom stereocenters. The van der Waals surface area contributed by atoms with E-state index in [1.54, 1.807) is 17.2 Å². The molecule has 128 valence electrons. The van der Waals surface area contributed by atoms with Gasteiger partial charge < -0.3 is 15.6 Å². The average molecular weight is 360 g/mol. The van der Waals surface area contributed by atoms with E-state index in [1.807, 2.05) is 6.92 Å². The highest BCUT2D eigenvalue weighted by Crippen LogP contribution is 2.33. The number of H-pyrrole nitrogens is 1. The molecule has 3 aromatic rings. The molecule has 3 heterocycles. The SMILES string of the molecule is C[C@H]1c2c(N)ccnc2CCN1C(=O)c1nc2c(F)ccc(Cl)c2[nH]1. The van der Waals surface area contributed by atoms with Gasteiger partial charge in [-0.05, 0) is 25.1 Å². The Balaban J connectivity index is 1.74. The molecule has 0 bridgehead atoms. The number of aromatic nitrogens is 3. The van der Waals surface area contributed by atoms with Crippen molar-refractivity contribution in [1.29, 1.82) is 0 Å². The summed E-state index contributed by atoms with van der Waals surface area (Å²) in [6.07, 6.45) is 2.27. The van der Waals surface area contributed by atoms with E-state index in [1.165, 1.54) is 12.1 Å². The van der Waals surface area contributed by atoms with Crippen molar-refractivity contribution in [3.8, 4) is 0 Å². The first-order valence-corrected chi connectivity index (χ1v) is 8.23. The lowest BCUT2D eigenvalue weighted by Crippen LogP contribution is -2.40. The van der Waals surface area contributed by atoms with Gasteiger partial charge in [0.05, 0.1) is 16.6 Å². The predicted octanol–water partition coefficient (Wildman–Crippen LogP) is 3.09. The third-order valence-corrected chi connectivity index (χ3v) is 4.90. The molecule has 0 fully saturated rings. The second-order valence-corrected chi connectivity index (χ2v) is 6.43. The van der Waals surface area contributed by atoms with Gasteiger partial charge in [-0.2, -0.15) is 0 Å². The molecule has 0 radical (unpaired) electrons. The number of carbonyl (C=O) groups is 1. The number of aromatic amines is 1. The van der Waals surface area contributed by atoms with Crippen LogP contribution in [0.5, 0.6) is 0 Å². The Hall–Kier alpha value is -2.67. The van der Waals surface area contributed by atoms with Crippen molar-refractivity contribution in [2.45, 2.75) is 19.4 Å². The third kappa shape index (κ3) is 2.42. The Morgan fingerprint density at radius 2 is 2.24 bits per heavy atom. The van der Waals surface area contributed by atoms with Crippen LogP contribution in [0.15, 0.2) is 24.4 Å². The first kappa shape index (κ1) is 15.8. The highest BCUT2D eigenvalue weighted by atomic mass is 35.5. The largest absolute Gasteiger partial charge is 0.398 e. The lowest BCUT2D eigenvalue weighted by Gasteiger charge is -2.34. The Morgan fingerprint density at radius 3 is 3.00 bits per heavy atom. The number of halogens is 2. The van der Waals surface area contributed by atoms with Gasteiger partial charge in [-0.25, -0.2) is 9.37 Å². The number of benzene rings is 1. The van der Waals surface area contributed by atoms with Gasteiger partial charge in [0.25, 0.3) is 5.91 Å². The van der Waals surface area contributed by atoms with E-state index in [-0.39, 0.29) is 23.3 Å². The van der Waals surface area contributed by atoms with Gasteiger partial charge in [0.2, 0.25) is 0 Å². The van der Waals surface area contributed by atoms with Crippen LogP contribution >= 0.6 is 11.6 Å². The summed E-state index contributed by atoms with van der Waals surface area (Å²) in [6, 6.07) is 4.13. The fraction of sp³-hybridized carbons (Fsp3) is 0.235. The minimum atomic E-state index is -0.528. The number of rotatable bonds is 1. The lowest BCUT2D eigenvalue weighted by atomic mass is 9.96. The van der Waals surface area contributed by atoms with E-state index >= 15 is 0 Å². The Kier molecular flexibility index (Phi) is 3.61. The summed E-state index contributed by atoms with van der Waals surface area (Å²) in [5.74, 6) is -0.798. The third-order valence-electron chi connectivity index (χ3n) is 4.59. The van der Waals surface area contributed by atoms with Crippen molar-refractivity contribution in [2.24, 2.45) is 0 Å². The van der Waals surface area contributed by atoms with E-state index in [9.17, 15) is 9.18 Å². The number of hydrogen-bond acceptors (Lipinski definition) is 4. The summed E-state index contributed by atoms with van der Waals surface area (Å²) in [5, 5.41) is 0.313. The van der Waals surface area contributed by atoms with E-state index in [4.69, 9.17) is 17.3 Å². The quantitative estimate of drug-likeness (QED) is 0.698. The van der Waals surface area contributed by atoms with Crippen LogP contribution < -0.4 is 5.73 Å². The first-order valence-electron chi connectivity index (χ1n) is 7.85. The highest BCUT2D eigenvalue weighted by Gasteiger charge is 2.32. The second kappa shape index (κ2) is 5.70.